The van der Waals surface area contributed by atoms with Gasteiger partial charge in [0.05, 0.1) is 12.1 Å². The van der Waals surface area contributed by atoms with Gasteiger partial charge in [-0.05, 0) is 63.4 Å². The van der Waals surface area contributed by atoms with Gasteiger partial charge in [-0.15, -0.1) is 0 Å². The van der Waals surface area contributed by atoms with Gasteiger partial charge in [-0.25, -0.2) is 14.6 Å². The third-order valence-electron chi connectivity index (χ3n) is 5.85. The summed E-state index contributed by atoms with van der Waals surface area (Å²) in [6.45, 7) is 7.80. The van der Waals surface area contributed by atoms with Crippen LogP contribution in [0.1, 0.15) is 44.2 Å². The molecule has 8 nitrogen and oxygen atoms in total. The molecular weight excluding hydrogens is 449 g/mol. The van der Waals surface area contributed by atoms with Crippen molar-refractivity contribution in [2.75, 3.05) is 19.7 Å². The highest BCUT2D eigenvalue weighted by atomic mass is 19.4. The number of alkyl halides is 3. The van der Waals surface area contributed by atoms with Crippen LogP contribution in [0.2, 0.25) is 0 Å². The molecule has 0 spiro atoms. The number of carbonyl (C=O) groups is 1. The number of aldehydes is 1. The average molecular weight is 477 g/mol. The fourth-order valence-electron chi connectivity index (χ4n) is 4.23. The lowest BCUT2D eigenvalue weighted by Crippen LogP contribution is -2.26. The van der Waals surface area contributed by atoms with E-state index in [4.69, 9.17) is 14.5 Å². The van der Waals surface area contributed by atoms with Crippen molar-refractivity contribution in [3.8, 4) is 28.7 Å². The highest BCUT2D eigenvalue weighted by Crippen LogP contribution is 2.37. The molecular formula is C23H27F3N6O2. The first-order valence-corrected chi connectivity index (χ1v) is 11.2. The van der Waals surface area contributed by atoms with E-state index in [2.05, 4.69) is 58.2 Å². The van der Waals surface area contributed by atoms with E-state index < -0.39 is 12.5 Å². The highest BCUT2D eigenvalue weighted by Gasteiger charge is 2.25. The lowest BCUT2D eigenvalue weighted by atomic mass is 9.89. The minimum Gasteiger partial charge on any atom is -0.491 e. The Morgan fingerprint density at radius 3 is 2.62 bits per heavy atom. The standard InChI is InChI=1S/C21H26N6O.C2HF3O/c1-14(2)27-21(23-13-24-27)18-12-26-9-10-28-19-11-16(15-5-7-22-8-6-15)3-4-17(19)20(26)25-18;3-2(4,5)1-6/h3-4,11-15,22H,5-10H2,1-2H3;1H. The first-order chi connectivity index (χ1) is 16.3. The summed E-state index contributed by atoms with van der Waals surface area (Å²) in [5, 5.41) is 7.79. The minimum absolute atomic E-state index is 0.238. The summed E-state index contributed by atoms with van der Waals surface area (Å²) in [6.07, 6.45) is 0.331. The number of nitrogens with zero attached hydrogens (tertiary/aromatic N) is 5. The third-order valence-corrected chi connectivity index (χ3v) is 5.85. The molecule has 4 heterocycles. The first-order valence-electron chi connectivity index (χ1n) is 11.2. The van der Waals surface area contributed by atoms with Crippen LogP contribution in [0.3, 0.4) is 0 Å². The van der Waals surface area contributed by atoms with E-state index in [9.17, 15) is 13.2 Å². The number of nitrogens with one attached hydrogen (secondary N) is 1. The van der Waals surface area contributed by atoms with Gasteiger partial charge in [-0.1, -0.05) is 6.07 Å². The van der Waals surface area contributed by atoms with E-state index >= 15 is 0 Å². The number of aromatic nitrogens is 5. The number of carbonyl (C=O) groups excluding carboxylic acids is 1. The lowest BCUT2D eigenvalue weighted by molar-refractivity contribution is -0.156. The van der Waals surface area contributed by atoms with Crippen LogP contribution >= 0.6 is 0 Å². The molecule has 0 bridgehead atoms. The molecule has 34 heavy (non-hydrogen) atoms. The zero-order valence-electron chi connectivity index (χ0n) is 19.0. The monoisotopic (exact) mass is 476 g/mol. The SMILES string of the molecule is CC(C)n1ncnc1-c1cn2c(n1)-c1ccc(C3CCNCC3)cc1OCC2.O=CC(F)(F)F. The number of rotatable bonds is 3. The second-order valence-corrected chi connectivity index (χ2v) is 8.55. The van der Waals surface area contributed by atoms with Crippen molar-refractivity contribution in [3.63, 3.8) is 0 Å². The van der Waals surface area contributed by atoms with Crippen LogP contribution in [0, 0.1) is 0 Å². The molecule has 2 aliphatic rings. The summed E-state index contributed by atoms with van der Waals surface area (Å²) < 4.78 is 41.4. The van der Waals surface area contributed by atoms with Crippen molar-refractivity contribution >= 4 is 6.29 Å². The quantitative estimate of drug-likeness (QED) is 0.575. The number of fused-ring (bicyclic) bond motifs is 3. The lowest BCUT2D eigenvalue weighted by Gasteiger charge is -2.23. The Morgan fingerprint density at radius 2 is 1.94 bits per heavy atom. The van der Waals surface area contributed by atoms with Crippen molar-refractivity contribution in [3.05, 3.63) is 36.3 Å². The summed E-state index contributed by atoms with van der Waals surface area (Å²) in [5.41, 5.74) is 3.29. The Kier molecular flexibility index (Phi) is 7.01. The molecule has 0 saturated carbocycles. The van der Waals surface area contributed by atoms with Crippen LogP contribution < -0.4 is 10.1 Å². The summed E-state index contributed by atoms with van der Waals surface area (Å²) in [7, 11) is 0. The van der Waals surface area contributed by atoms with Crippen molar-refractivity contribution < 1.29 is 22.7 Å². The van der Waals surface area contributed by atoms with Gasteiger partial charge in [0, 0.05) is 12.2 Å². The smallest absolute Gasteiger partial charge is 0.446 e. The summed E-state index contributed by atoms with van der Waals surface area (Å²) in [4.78, 5) is 18.1. The number of hydrogen-bond acceptors (Lipinski definition) is 6. The zero-order chi connectivity index (χ0) is 24.3. The summed E-state index contributed by atoms with van der Waals surface area (Å²) >= 11 is 0. The van der Waals surface area contributed by atoms with Crippen molar-refractivity contribution in [1.82, 2.24) is 29.6 Å². The molecule has 0 aliphatic carbocycles. The number of benzene rings is 1. The van der Waals surface area contributed by atoms with E-state index in [1.54, 1.807) is 6.33 Å². The Bertz CT molecular complexity index is 1130. The number of hydrogen-bond donors (Lipinski definition) is 1. The summed E-state index contributed by atoms with van der Waals surface area (Å²) in [6, 6.07) is 6.89. The molecule has 1 fully saturated rings. The van der Waals surface area contributed by atoms with Crippen molar-refractivity contribution in [2.45, 2.75) is 51.4 Å². The fourth-order valence-corrected chi connectivity index (χ4v) is 4.23. The van der Waals surface area contributed by atoms with Crippen molar-refractivity contribution in [2.24, 2.45) is 0 Å². The first kappa shape index (κ1) is 23.9. The molecule has 0 amide bonds. The van der Waals surface area contributed by atoms with Crippen LogP contribution in [0.15, 0.2) is 30.7 Å². The van der Waals surface area contributed by atoms with E-state index in [-0.39, 0.29) is 6.04 Å². The molecule has 0 unspecified atom stereocenters. The Balaban J connectivity index is 0.000000408. The highest BCUT2D eigenvalue weighted by molar-refractivity contribution is 5.69. The van der Waals surface area contributed by atoms with Gasteiger partial charge in [0.25, 0.3) is 0 Å². The van der Waals surface area contributed by atoms with Gasteiger partial charge < -0.3 is 14.6 Å². The predicted molar refractivity (Wildman–Crippen MR) is 120 cm³/mol. The molecule has 5 rings (SSSR count). The van der Waals surface area contributed by atoms with Gasteiger partial charge in [-0.2, -0.15) is 18.3 Å². The second-order valence-electron chi connectivity index (χ2n) is 8.55. The van der Waals surface area contributed by atoms with Gasteiger partial charge in [0.15, 0.2) is 5.82 Å². The molecule has 182 valence electrons. The van der Waals surface area contributed by atoms with Crippen molar-refractivity contribution in [1.29, 1.82) is 0 Å². The maximum Gasteiger partial charge on any atom is 0.446 e. The van der Waals surface area contributed by atoms with E-state index in [0.717, 1.165) is 48.3 Å². The Hall–Kier alpha value is -3.21. The van der Waals surface area contributed by atoms with E-state index in [1.807, 2.05) is 4.68 Å². The molecule has 2 aliphatic heterocycles. The molecule has 1 N–H and O–H groups in total. The molecule has 11 heteroatoms. The number of piperidine rings is 1. The zero-order valence-corrected chi connectivity index (χ0v) is 19.0. The molecule has 0 atom stereocenters. The maximum absolute atomic E-state index is 10.4. The molecule has 2 aromatic heterocycles. The number of halogens is 3. The second kappa shape index (κ2) is 9.96. The van der Waals surface area contributed by atoms with Gasteiger partial charge in [-0.3, -0.25) is 4.79 Å². The normalized spacial score (nSPS) is 16.1. The van der Waals surface area contributed by atoms with Crippen LogP contribution in [0.4, 0.5) is 13.2 Å². The average Bonchev–Trinajstić information content (AvgIpc) is 3.44. The van der Waals surface area contributed by atoms with Gasteiger partial charge in [0.2, 0.25) is 6.29 Å². The third kappa shape index (κ3) is 5.30. The largest absolute Gasteiger partial charge is 0.491 e. The fraction of sp³-hybridized carbons (Fsp3) is 0.478. The van der Waals surface area contributed by atoms with Gasteiger partial charge in [0.1, 0.15) is 30.2 Å². The topological polar surface area (TPSA) is 86.9 Å². The summed E-state index contributed by atoms with van der Waals surface area (Å²) in [5.74, 6) is 3.30. The number of imidazole rings is 1. The van der Waals surface area contributed by atoms with Crippen LogP contribution in [0.25, 0.3) is 22.9 Å². The number of ether oxygens (including phenoxy) is 1. The van der Waals surface area contributed by atoms with Crippen LogP contribution in [0.5, 0.6) is 5.75 Å². The molecule has 1 saturated heterocycles. The Morgan fingerprint density at radius 1 is 1.21 bits per heavy atom. The van der Waals surface area contributed by atoms with Crippen LogP contribution in [-0.4, -0.2) is 56.5 Å². The van der Waals surface area contributed by atoms with Gasteiger partial charge >= 0.3 is 6.18 Å². The van der Waals surface area contributed by atoms with Crippen LogP contribution in [-0.2, 0) is 11.3 Å². The molecule has 0 radical (unpaired) electrons. The maximum atomic E-state index is 10.4. The Labute approximate surface area is 195 Å². The van der Waals surface area contributed by atoms with E-state index in [1.165, 1.54) is 18.4 Å². The molecule has 3 aromatic rings. The predicted octanol–water partition coefficient (Wildman–Crippen LogP) is 4.00. The minimum atomic E-state index is -4.64. The molecule has 1 aromatic carbocycles. The van der Waals surface area contributed by atoms with E-state index in [0.29, 0.717) is 12.5 Å².